The third-order valence-electron chi connectivity index (χ3n) is 5.17. The summed E-state index contributed by atoms with van der Waals surface area (Å²) >= 11 is 0. The Hall–Kier alpha value is -2.96. The fourth-order valence-corrected chi connectivity index (χ4v) is 3.62. The highest BCUT2D eigenvalue weighted by molar-refractivity contribution is 5.80. The van der Waals surface area contributed by atoms with E-state index in [1.165, 1.54) is 23.6 Å². The number of nitrogens with one attached hydrogen (secondary N) is 1. The molecule has 2 aromatic heterocycles. The molecule has 0 radical (unpaired) electrons. The molecule has 7 nitrogen and oxygen atoms in total. The quantitative estimate of drug-likeness (QED) is 0.771. The third kappa shape index (κ3) is 3.49. The molecular formula is C20H23N5O2. The molecule has 3 heterocycles. The Morgan fingerprint density at radius 1 is 1.07 bits per heavy atom. The van der Waals surface area contributed by atoms with Crippen LogP contribution in [0.2, 0.25) is 0 Å². The van der Waals surface area contributed by atoms with Gasteiger partial charge in [0.05, 0.1) is 23.3 Å². The molecule has 0 aliphatic carbocycles. The number of fused-ring (bicyclic) bond motifs is 1. The fraction of sp³-hybridized carbons (Fsp3) is 0.400. The first-order chi connectivity index (χ1) is 13.1. The maximum absolute atomic E-state index is 12.8. The fourth-order valence-electron chi connectivity index (χ4n) is 3.62. The molecule has 4 rings (SSSR count). The van der Waals surface area contributed by atoms with Gasteiger partial charge < -0.3 is 4.90 Å². The number of aromatic amines is 1. The molecule has 1 aliphatic heterocycles. The Balaban J connectivity index is 1.74. The lowest BCUT2D eigenvalue weighted by atomic mass is 10.2. The smallest absolute Gasteiger partial charge is 0.275 e. The molecule has 1 atom stereocenters. The lowest BCUT2D eigenvalue weighted by molar-refractivity contribution is 0.523. The number of hydrogen-bond donors (Lipinski definition) is 1. The van der Waals surface area contributed by atoms with Gasteiger partial charge in [0, 0.05) is 24.5 Å². The molecule has 1 aliphatic rings. The maximum atomic E-state index is 12.8. The van der Waals surface area contributed by atoms with Crippen molar-refractivity contribution in [3.63, 3.8) is 0 Å². The molecule has 0 saturated carbocycles. The molecule has 1 fully saturated rings. The van der Waals surface area contributed by atoms with Gasteiger partial charge in [0.1, 0.15) is 0 Å². The van der Waals surface area contributed by atoms with E-state index in [0.717, 1.165) is 31.3 Å². The van der Waals surface area contributed by atoms with Gasteiger partial charge in [-0.15, -0.1) is 0 Å². The summed E-state index contributed by atoms with van der Waals surface area (Å²) in [6.45, 7) is 3.61. The van der Waals surface area contributed by atoms with Crippen molar-refractivity contribution in [2.24, 2.45) is 0 Å². The van der Waals surface area contributed by atoms with Gasteiger partial charge in [0.2, 0.25) is 5.95 Å². The van der Waals surface area contributed by atoms with Crippen LogP contribution in [0.5, 0.6) is 0 Å². The van der Waals surface area contributed by atoms with Gasteiger partial charge in [-0.25, -0.2) is 9.67 Å². The molecule has 7 heteroatoms. The largest absolute Gasteiger partial charge is 0.342 e. The van der Waals surface area contributed by atoms with E-state index < -0.39 is 6.04 Å². The van der Waals surface area contributed by atoms with Gasteiger partial charge in [-0.3, -0.25) is 14.6 Å². The molecule has 1 aromatic carbocycles. The topological polar surface area (TPSA) is 83.9 Å². The number of hydrogen-bond acceptors (Lipinski definition) is 5. The predicted octanol–water partition coefficient (Wildman–Crippen LogP) is 2.47. The van der Waals surface area contributed by atoms with Crippen molar-refractivity contribution < 1.29 is 0 Å². The summed E-state index contributed by atoms with van der Waals surface area (Å²) in [7, 11) is 0. The Morgan fingerprint density at radius 3 is 2.59 bits per heavy atom. The first-order valence-corrected chi connectivity index (χ1v) is 9.46. The van der Waals surface area contributed by atoms with E-state index in [1.54, 1.807) is 12.3 Å². The van der Waals surface area contributed by atoms with Crippen molar-refractivity contribution in [3.05, 3.63) is 62.9 Å². The van der Waals surface area contributed by atoms with Crippen LogP contribution in [-0.4, -0.2) is 32.8 Å². The van der Waals surface area contributed by atoms with Gasteiger partial charge >= 0.3 is 0 Å². The number of H-pyrrole nitrogens is 1. The summed E-state index contributed by atoms with van der Waals surface area (Å²) in [6, 6.07) is 8.38. The molecule has 0 bridgehead atoms. The molecule has 140 valence electrons. The molecule has 0 amide bonds. The maximum Gasteiger partial charge on any atom is 0.275 e. The lowest BCUT2D eigenvalue weighted by Crippen LogP contribution is -2.31. The van der Waals surface area contributed by atoms with Gasteiger partial charge in [-0.05, 0) is 25.8 Å². The summed E-state index contributed by atoms with van der Waals surface area (Å²) in [5.41, 5.74) is 0.154. The highest BCUT2D eigenvalue weighted by Gasteiger charge is 2.18. The van der Waals surface area contributed by atoms with E-state index in [9.17, 15) is 9.59 Å². The van der Waals surface area contributed by atoms with Crippen LogP contribution in [0.3, 0.4) is 0 Å². The summed E-state index contributed by atoms with van der Waals surface area (Å²) in [4.78, 5) is 34.7. The van der Waals surface area contributed by atoms with Crippen molar-refractivity contribution in [2.75, 3.05) is 18.0 Å². The lowest BCUT2D eigenvalue weighted by Gasteiger charge is -2.22. The number of aromatic nitrogens is 4. The second-order valence-corrected chi connectivity index (χ2v) is 7.05. The Labute approximate surface area is 156 Å². The van der Waals surface area contributed by atoms with Crippen LogP contribution in [0.25, 0.3) is 10.8 Å². The Kier molecular flexibility index (Phi) is 4.75. The molecule has 0 unspecified atom stereocenters. The third-order valence-corrected chi connectivity index (χ3v) is 5.17. The van der Waals surface area contributed by atoms with E-state index in [2.05, 4.69) is 20.0 Å². The van der Waals surface area contributed by atoms with Crippen LogP contribution in [0.4, 0.5) is 5.95 Å². The minimum Gasteiger partial charge on any atom is -0.342 e. The predicted molar refractivity (Wildman–Crippen MR) is 105 cm³/mol. The highest BCUT2D eigenvalue weighted by Crippen LogP contribution is 2.18. The average molecular weight is 365 g/mol. The molecular weight excluding hydrogens is 342 g/mol. The SMILES string of the molecule is C[C@H](c1cc(=O)[nH]c(N2CCCCCC2)n1)n1ncc2ccccc2c1=O. The molecule has 1 saturated heterocycles. The number of benzene rings is 1. The van der Waals surface area contributed by atoms with Gasteiger partial charge in [0.15, 0.2) is 0 Å². The van der Waals surface area contributed by atoms with Gasteiger partial charge in [-0.1, -0.05) is 31.0 Å². The molecule has 1 N–H and O–H groups in total. The zero-order valence-corrected chi connectivity index (χ0v) is 15.4. The number of anilines is 1. The van der Waals surface area contributed by atoms with E-state index in [0.29, 0.717) is 17.0 Å². The van der Waals surface area contributed by atoms with Gasteiger partial charge in [0.25, 0.3) is 11.1 Å². The normalized spacial score (nSPS) is 16.3. The standard InChI is InChI=1S/C20H23N5O2/c1-14(25-19(27)16-9-5-4-8-15(16)13-21-25)17-12-18(26)23-20(22-17)24-10-6-2-3-7-11-24/h4-5,8-9,12-14H,2-3,6-7,10-11H2,1H3,(H,22,23,26)/t14-/m1/s1. The molecule has 0 spiro atoms. The van der Waals surface area contributed by atoms with E-state index in [-0.39, 0.29) is 11.1 Å². The Bertz CT molecular complexity index is 1060. The van der Waals surface area contributed by atoms with E-state index in [4.69, 9.17) is 0 Å². The molecule has 3 aromatic rings. The van der Waals surface area contributed by atoms with Crippen molar-refractivity contribution in [1.29, 1.82) is 0 Å². The van der Waals surface area contributed by atoms with Crippen molar-refractivity contribution in [3.8, 4) is 0 Å². The van der Waals surface area contributed by atoms with Crippen LogP contribution >= 0.6 is 0 Å². The summed E-state index contributed by atoms with van der Waals surface area (Å²) in [5.74, 6) is 0.583. The second-order valence-electron chi connectivity index (χ2n) is 7.05. The van der Waals surface area contributed by atoms with Crippen molar-refractivity contribution in [2.45, 2.75) is 38.6 Å². The second kappa shape index (κ2) is 7.34. The summed E-state index contributed by atoms with van der Waals surface area (Å²) in [6.07, 6.45) is 6.26. The number of rotatable bonds is 3. The van der Waals surface area contributed by atoms with Crippen molar-refractivity contribution in [1.82, 2.24) is 19.7 Å². The zero-order chi connectivity index (χ0) is 18.8. The Morgan fingerprint density at radius 2 is 1.81 bits per heavy atom. The van der Waals surface area contributed by atoms with Crippen LogP contribution < -0.4 is 16.0 Å². The van der Waals surface area contributed by atoms with Crippen molar-refractivity contribution >= 4 is 16.7 Å². The van der Waals surface area contributed by atoms with Crippen LogP contribution in [0.1, 0.15) is 44.3 Å². The van der Waals surface area contributed by atoms with Gasteiger partial charge in [-0.2, -0.15) is 5.10 Å². The summed E-state index contributed by atoms with van der Waals surface area (Å²) < 4.78 is 1.40. The monoisotopic (exact) mass is 365 g/mol. The highest BCUT2D eigenvalue weighted by atomic mass is 16.1. The molecule has 27 heavy (non-hydrogen) atoms. The average Bonchev–Trinajstić information content (AvgIpc) is 2.97. The minimum atomic E-state index is -0.435. The first kappa shape index (κ1) is 17.5. The van der Waals surface area contributed by atoms with Crippen LogP contribution in [0.15, 0.2) is 46.1 Å². The zero-order valence-electron chi connectivity index (χ0n) is 15.4. The van der Waals surface area contributed by atoms with E-state index >= 15 is 0 Å². The number of nitrogens with zero attached hydrogens (tertiary/aromatic N) is 4. The minimum absolute atomic E-state index is 0.181. The van der Waals surface area contributed by atoms with E-state index in [1.807, 2.05) is 25.1 Å². The first-order valence-electron chi connectivity index (χ1n) is 9.46. The summed E-state index contributed by atoms with van der Waals surface area (Å²) in [5, 5.41) is 5.72. The van der Waals surface area contributed by atoms with Crippen LogP contribution in [0, 0.1) is 0 Å². The van der Waals surface area contributed by atoms with Crippen LogP contribution in [-0.2, 0) is 0 Å².